The summed E-state index contributed by atoms with van der Waals surface area (Å²) in [5, 5.41) is 3.55. The second kappa shape index (κ2) is 10.9. The van der Waals surface area contributed by atoms with Crippen LogP contribution in [0.2, 0.25) is 0 Å². The predicted octanol–water partition coefficient (Wildman–Crippen LogP) is 3.42. The highest BCUT2D eigenvalue weighted by molar-refractivity contribution is 5.94. The Morgan fingerprint density at radius 3 is 2.54 bits per heavy atom. The number of likely N-dealkylation sites (tertiary alicyclic amines) is 1. The molecule has 1 N–H and O–H groups in total. The van der Waals surface area contributed by atoms with Gasteiger partial charge in [-0.25, -0.2) is 0 Å². The van der Waals surface area contributed by atoms with Gasteiger partial charge >= 0.3 is 0 Å². The van der Waals surface area contributed by atoms with Crippen LogP contribution in [0, 0.1) is 5.92 Å². The van der Waals surface area contributed by atoms with Crippen molar-refractivity contribution in [2.75, 3.05) is 39.3 Å². The summed E-state index contributed by atoms with van der Waals surface area (Å²) in [4.78, 5) is 17.4. The van der Waals surface area contributed by atoms with Crippen LogP contribution in [-0.4, -0.2) is 61.0 Å². The molecule has 0 radical (unpaired) electrons. The number of hydrogen-bond donors (Lipinski definition) is 1. The van der Waals surface area contributed by atoms with Crippen LogP contribution in [0.25, 0.3) is 0 Å². The first-order valence-corrected chi connectivity index (χ1v) is 10.1. The molecule has 0 saturated carbocycles. The van der Waals surface area contributed by atoms with Crippen LogP contribution < -0.4 is 5.32 Å². The van der Waals surface area contributed by atoms with Crippen LogP contribution >= 0.6 is 12.4 Å². The van der Waals surface area contributed by atoms with Crippen molar-refractivity contribution in [3.05, 3.63) is 35.9 Å². The average Bonchev–Trinajstić information content (AvgIpc) is 2.69. The molecule has 2 fully saturated rings. The van der Waals surface area contributed by atoms with Gasteiger partial charge in [0.15, 0.2) is 0 Å². The molecule has 2 heterocycles. The maximum Gasteiger partial charge on any atom is 0.253 e. The number of carbonyl (C=O) groups is 1. The van der Waals surface area contributed by atoms with Crippen molar-refractivity contribution in [2.24, 2.45) is 5.92 Å². The van der Waals surface area contributed by atoms with E-state index >= 15 is 0 Å². The molecule has 1 aromatic carbocycles. The van der Waals surface area contributed by atoms with Crippen LogP contribution in [0.5, 0.6) is 0 Å². The van der Waals surface area contributed by atoms with Crippen molar-refractivity contribution in [2.45, 2.75) is 45.1 Å². The Balaban J connectivity index is 0.00000243. The second-order valence-electron chi connectivity index (χ2n) is 7.60. The number of nitrogens with one attached hydrogen (secondary N) is 1. The van der Waals surface area contributed by atoms with E-state index in [9.17, 15) is 4.79 Å². The minimum absolute atomic E-state index is 0. The Morgan fingerprint density at radius 1 is 1.19 bits per heavy atom. The van der Waals surface area contributed by atoms with Gasteiger partial charge in [0, 0.05) is 31.2 Å². The van der Waals surface area contributed by atoms with Gasteiger partial charge in [-0.2, -0.15) is 0 Å². The lowest BCUT2D eigenvalue weighted by Gasteiger charge is -2.40. The fraction of sp³-hybridized carbons (Fsp3) is 0.667. The standard InChI is InChI=1S/C21H33N3O.ClH/c1-2-13-24(17-18-7-6-12-22-16-18)20-10-14-23(15-11-20)21(25)19-8-4-3-5-9-19;/h3-5,8-9,18,20,22H,2,6-7,10-17H2,1H3;1H. The SMILES string of the molecule is CCCN(CC1CCCNC1)C1CCN(C(=O)c2ccccc2)CC1.Cl. The van der Waals surface area contributed by atoms with E-state index in [-0.39, 0.29) is 18.3 Å². The Labute approximate surface area is 164 Å². The summed E-state index contributed by atoms with van der Waals surface area (Å²) in [6, 6.07) is 10.3. The van der Waals surface area contributed by atoms with Crippen LogP contribution in [0.4, 0.5) is 0 Å². The van der Waals surface area contributed by atoms with Gasteiger partial charge in [0.2, 0.25) is 0 Å². The molecule has 2 saturated heterocycles. The molecule has 3 rings (SSSR count). The Hall–Kier alpha value is -1.10. The molecule has 0 aliphatic carbocycles. The Bertz CT molecular complexity index is 525. The molecule has 0 spiro atoms. The summed E-state index contributed by atoms with van der Waals surface area (Å²) < 4.78 is 0. The van der Waals surface area contributed by atoms with Gasteiger partial charge in [0.25, 0.3) is 5.91 Å². The van der Waals surface area contributed by atoms with Gasteiger partial charge in [-0.1, -0.05) is 25.1 Å². The smallest absolute Gasteiger partial charge is 0.253 e. The molecule has 1 amide bonds. The van der Waals surface area contributed by atoms with Crippen molar-refractivity contribution in [1.29, 1.82) is 0 Å². The molecule has 146 valence electrons. The molecule has 5 heteroatoms. The Morgan fingerprint density at radius 2 is 1.92 bits per heavy atom. The number of halogens is 1. The van der Waals surface area contributed by atoms with Crippen molar-refractivity contribution >= 4 is 18.3 Å². The van der Waals surface area contributed by atoms with Crippen molar-refractivity contribution in [1.82, 2.24) is 15.1 Å². The van der Waals surface area contributed by atoms with E-state index < -0.39 is 0 Å². The third-order valence-electron chi connectivity index (χ3n) is 5.69. The Kier molecular flexibility index (Phi) is 8.89. The van der Waals surface area contributed by atoms with Gasteiger partial charge in [0.1, 0.15) is 0 Å². The van der Waals surface area contributed by atoms with Crippen LogP contribution in [0.1, 0.15) is 49.4 Å². The monoisotopic (exact) mass is 379 g/mol. The van der Waals surface area contributed by atoms with Crippen LogP contribution in [0.3, 0.4) is 0 Å². The maximum atomic E-state index is 12.6. The van der Waals surface area contributed by atoms with E-state index in [0.717, 1.165) is 37.4 Å². The lowest BCUT2D eigenvalue weighted by Crippen LogP contribution is -2.49. The zero-order valence-corrected chi connectivity index (χ0v) is 16.8. The fourth-order valence-corrected chi connectivity index (χ4v) is 4.32. The zero-order chi connectivity index (χ0) is 17.5. The number of rotatable bonds is 6. The largest absolute Gasteiger partial charge is 0.339 e. The number of carbonyl (C=O) groups excluding carboxylic acids is 1. The first-order valence-electron chi connectivity index (χ1n) is 10.1. The van der Waals surface area contributed by atoms with Crippen molar-refractivity contribution in [3.8, 4) is 0 Å². The predicted molar refractivity (Wildman–Crippen MR) is 110 cm³/mol. The van der Waals surface area contributed by atoms with E-state index in [1.54, 1.807) is 0 Å². The number of amides is 1. The van der Waals surface area contributed by atoms with E-state index in [2.05, 4.69) is 17.1 Å². The average molecular weight is 380 g/mol. The molecule has 1 unspecified atom stereocenters. The summed E-state index contributed by atoms with van der Waals surface area (Å²) in [6.45, 7) is 8.82. The first-order chi connectivity index (χ1) is 12.3. The molecule has 26 heavy (non-hydrogen) atoms. The number of piperidine rings is 2. The summed E-state index contributed by atoms with van der Waals surface area (Å²) in [5.41, 5.74) is 0.819. The molecular weight excluding hydrogens is 346 g/mol. The third kappa shape index (κ3) is 5.70. The lowest BCUT2D eigenvalue weighted by molar-refractivity contribution is 0.0585. The van der Waals surface area contributed by atoms with Crippen molar-refractivity contribution < 1.29 is 4.79 Å². The molecular formula is C21H34ClN3O. The van der Waals surface area contributed by atoms with Crippen LogP contribution in [-0.2, 0) is 0 Å². The molecule has 2 aliphatic heterocycles. The van der Waals surface area contributed by atoms with Gasteiger partial charge in [-0.15, -0.1) is 12.4 Å². The highest BCUT2D eigenvalue weighted by Crippen LogP contribution is 2.21. The normalized spacial score (nSPS) is 21.5. The molecule has 2 aliphatic rings. The number of hydrogen-bond acceptors (Lipinski definition) is 3. The van der Waals surface area contributed by atoms with E-state index in [0.29, 0.717) is 6.04 Å². The third-order valence-corrected chi connectivity index (χ3v) is 5.69. The zero-order valence-electron chi connectivity index (χ0n) is 16.0. The van der Waals surface area contributed by atoms with Gasteiger partial charge in [-0.05, 0) is 69.8 Å². The molecule has 0 bridgehead atoms. The summed E-state index contributed by atoms with van der Waals surface area (Å²) in [6.07, 6.45) is 6.11. The molecule has 4 nitrogen and oxygen atoms in total. The van der Waals surface area contributed by atoms with E-state index in [1.807, 2.05) is 35.2 Å². The number of nitrogens with zero attached hydrogens (tertiary/aromatic N) is 2. The summed E-state index contributed by atoms with van der Waals surface area (Å²) >= 11 is 0. The minimum atomic E-state index is 0. The highest BCUT2D eigenvalue weighted by atomic mass is 35.5. The topological polar surface area (TPSA) is 35.6 Å². The molecule has 1 aromatic rings. The number of benzene rings is 1. The van der Waals surface area contributed by atoms with Crippen molar-refractivity contribution in [3.63, 3.8) is 0 Å². The minimum Gasteiger partial charge on any atom is -0.339 e. The van der Waals surface area contributed by atoms with Gasteiger partial charge < -0.3 is 10.2 Å². The summed E-state index contributed by atoms with van der Waals surface area (Å²) in [7, 11) is 0. The second-order valence-corrected chi connectivity index (χ2v) is 7.60. The van der Waals surface area contributed by atoms with Crippen LogP contribution in [0.15, 0.2) is 30.3 Å². The summed E-state index contributed by atoms with van der Waals surface area (Å²) in [5.74, 6) is 0.988. The quantitative estimate of drug-likeness (QED) is 0.822. The fourth-order valence-electron chi connectivity index (χ4n) is 4.32. The van der Waals surface area contributed by atoms with Gasteiger partial charge in [-0.3, -0.25) is 9.69 Å². The molecule has 1 atom stereocenters. The lowest BCUT2D eigenvalue weighted by atomic mass is 9.96. The van der Waals surface area contributed by atoms with E-state index in [4.69, 9.17) is 0 Å². The maximum absolute atomic E-state index is 12.6. The molecule has 0 aromatic heterocycles. The highest BCUT2D eigenvalue weighted by Gasteiger charge is 2.28. The van der Waals surface area contributed by atoms with Gasteiger partial charge in [0.05, 0.1) is 0 Å². The first kappa shape index (κ1) is 21.2. The van der Waals surface area contributed by atoms with E-state index in [1.165, 1.54) is 45.4 Å².